The number of carbonyl (C=O) groups is 1. The Morgan fingerprint density at radius 1 is 1.20 bits per heavy atom. The van der Waals surface area contributed by atoms with Crippen molar-refractivity contribution >= 4 is 6.03 Å². The van der Waals surface area contributed by atoms with Gasteiger partial charge < -0.3 is 15.0 Å². The Hall–Kier alpha value is -2.63. The summed E-state index contributed by atoms with van der Waals surface area (Å²) < 4.78 is 31.9. The molecule has 0 aromatic heterocycles. The van der Waals surface area contributed by atoms with Crippen LogP contribution in [0, 0.1) is 18.6 Å². The van der Waals surface area contributed by atoms with Crippen LogP contribution in [0.3, 0.4) is 0 Å². The molecule has 0 aliphatic rings. The Bertz CT molecular complexity index is 737. The van der Waals surface area contributed by atoms with E-state index in [0.717, 1.165) is 23.4 Å². The van der Waals surface area contributed by atoms with Gasteiger partial charge in [0.05, 0.1) is 12.6 Å². The molecule has 0 aliphatic carbocycles. The lowest BCUT2D eigenvalue weighted by Crippen LogP contribution is -2.40. The zero-order valence-corrected chi connectivity index (χ0v) is 14.6. The number of ether oxygens (including phenoxy) is 1. The number of benzene rings is 2. The van der Waals surface area contributed by atoms with Crippen molar-refractivity contribution in [1.29, 1.82) is 0 Å². The average molecular weight is 348 g/mol. The van der Waals surface area contributed by atoms with E-state index in [1.54, 1.807) is 14.0 Å². The molecular formula is C19H22F2N2O2. The Kier molecular flexibility index (Phi) is 6.33. The minimum Gasteiger partial charge on any atom is -0.492 e. The molecule has 2 rings (SSSR count). The van der Waals surface area contributed by atoms with Gasteiger partial charge in [-0.15, -0.1) is 0 Å². The fraction of sp³-hybridized carbons (Fsp3) is 0.316. The van der Waals surface area contributed by atoms with Crippen molar-refractivity contribution in [3.63, 3.8) is 0 Å². The highest BCUT2D eigenvalue weighted by Crippen LogP contribution is 2.20. The summed E-state index contributed by atoms with van der Waals surface area (Å²) in [4.78, 5) is 13.6. The monoisotopic (exact) mass is 348 g/mol. The summed E-state index contributed by atoms with van der Waals surface area (Å²) in [7, 11) is 1.60. The number of halogens is 2. The van der Waals surface area contributed by atoms with Crippen LogP contribution in [0.15, 0.2) is 42.5 Å². The second kappa shape index (κ2) is 8.46. The highest BCUT2D eigenvalue weighted by atomic mass is 19.2. The Morgan fingerprint density at radius 2 is 1.96 bits per heavy atom. The van der Waals surface area contributed by atoms with E-state index in [4.69, 9.17) is 4.74 Å². The molecule has 0 heterocycles. The second-order valence-electron chi connectivity index (χ2n) is 5.86. The smallest absolute Gasteiger partial charge is 0.317 e. The molecule has 0 aliphatic heterocycles. The van der Waals surface area contributed by atoms with E-state index < -0.39 is 17.7 Å². The normalized spacial score (nSPS) is 11.7. The van der Waals surface area contributed by atoms with Crippen molar-refractivity contribution in [3.05, 3.63) is 65.2 Å². The van der Waals surface area contributed by atoms with Crippen molar-refractivity contribution in [2.75, 3.05) is 20.2 Å². The van der Waals surface area contributed by atoms with Gasteiger partial charge in [-0.3, -0.25) is 0 Å². The Balaban J connectivity index is 1.82. The minimum atomic E-state index is -0.926. The summed E-state index contributed by atoms with van der Waals surface area (Å²) in [5.74, 6) is -1.08. The highest BCUT2D eigenvalue weighted by molar-refractivity contribution is 5.74. The predicted octanol–water partition coefficient (Wildman–Crippen LogP) is 4.05. The van der Waals surface area contributed by atoms with Crippen LogP contribution in [0.5, 0.6) is 5.75 Å². The third-order valence-corrected chi connectivity index (χ3v) is 3.96. The quantitative estimate of drug-likeness (QED) is 0.800. The van der Waals surface area contributed by atoms with E-state index in [-0.39, 0.29) is 6.03 Å². The van der Waals surface area contributed by atoms with E-state index in [1.807, 2.05) is 31.2 Å². The molecule has 4 nitrogen and oxygen atoms in total. The molecule has 2 aromatic carbocycles. The number of urea groups is 1. The van der Waals surface area contributed by atoms with Gasteiger partial charge in [0.2, 0.25) is 0 Å². The van der Waals surface area contributed by atoms with E-state index in [2.05, 4.69) is 5.32 Å². The molecule has 0 radical (unpaired) electrons. The first kappa shape index (κ1) is 18.7. The molecule has 0 bridgehead atoms. The van der Waals surface area contributed by atoms with Crippen molar-refractivity contribution in [1.82, 2.24) is 10.2 Å². The summed E-state index contributed by atoms with van der Waals surface area (Å²) in [5, 5.41) is 2.74. The standard InChI is InChI=1S/C19H22F2N2O2/c1-13-5-4-6-16(11-13)25-10-9-22-19(24)23(3)14(2)15-7-8-17(20)18(21)12-15/h4-8,11-12,14H,9-10H2,1-3H3,(H,22,24). The van der Waals surface area contributed by atoms with Crippen LogP contribution >= 0.6 is 0 Å². The molecule has 134 valence electrons. The maximum Gasteiger partial charge on any atom is 0.317 e. The Labute approximate surface area is 146 Å². The third-order valence-electron chi connectivity index (χ3n) is 3.96. The van der Waals surface area contributed by atoms with Gasteiger partial charge in [0.1, 0.15) is 12.4 Å². The van der Waals surface area contributed by atoms with Crippen LogP contribution in [-0.4, -0.2) is 31.1 Å². The molecule has 6 heteroatoms. The molecule has 1 atom stereocenters. The van der Waals surface area contributed by atoms with Gasteiger partial charge in [0, 0.05) is 7.05 Å². The van der Waals surface area contributed by atoms with Gasteiger partial charge in [-0.1, -0.05) is 18.2 Å². The van der Waals surface area contributed by atoms with Gasteiger partial charge in [-0.25, -0.2) is 13.6 Å². The summed E-state index contributed by atoms with van der Waals surface area (Å²) in [6.07, 6.45) is 0. The van der Waals surface area contributed by atoms with Crippen LogP contribution in [0.2, 0.25) is 0 Å². The van der Waals surface area contributed by atoms with Gasteiger partial charge in [-0.2, -0.15) is 0 Å². The fourth-order valence-corrected chi connectivity index (χ4v) is 2.33. The predicted molar refractivity (Wildman–Crippen MR) is 92.6 cm³/mol. The molecular weight excluding hydrogens is 326 g/mol. The molecule has 1 unspecified atom stereocenters. The summed E-state index contributed by atoms with van der Waals surface area (Å²) in [5.41, 5.74) is 1.62. The number of rotatable bonds is 6. The maximum atomic E-state index is 13.3. The van der Waals surface area contributed by atoms with E-state index >= 15 is 0 Å². The molecule has 0 saturated heterocycles. The zero-order valence-electron chi connectivity index (χ0n) is 14.6. The summed E-state index contributed by atoms with van der Waals surface area (Å²) >= 11 is 0. The van der Waals surface area contributed by atoms with E-state index in [1.165, 1.54) is 11.0 Å². The van der Waals surface area contributed by atoms with Crippen LogP contribution in [0.25, 0.3) is 0 Å². The van der Waals surface area contributed by atoms with Crippen molar-refractivity contribution in [3.8, 4) is 5.75 Å². The van der Waals surface area contributed by atoms with Gasteiger partial charge in [0.15, 0.2) is 11.6 Å². The summed E-state index contributed by atoms with van der Waals surface area (Å²) in [6, 6.07) is 10.6. The number of nitrogens with one attached hydrogen (secondary N) is 1. The lowest BCUT2D eigenvalue weighted by atomic mass is 10.1. The van der Waals surface area contributed by atoms with Crippen molar-refractivity contribution in [2.24, 2.45) is 0 Å². The van der Waals surface area contributed by atoms with Gasteiger partial charge in [0.25, 0.3) is 0 Å². The third kappa shape index (κ3) is 5.17. The van der Waals surface area contributed by atoms with E-state index in [9.17, 15) is 13.6 Å². The number of aryl methyl sites for hydroxylation is 1. The molecule has 2 aromatic rings. The average Bonchev–Trinajstić information content (AvgIpc) is 2.59. The largest absolute Gasteiger partial charge is 0.492 e. The topological polar surface area (TPSA) is 41.6 Å². The van der Waals surface area contributed by atoms with Gasteiger partial charge >= 0.3 is 6.03 Å². The number of nitrogens with zero attached hydrogens (tertiary/aromatic N) is 1. The van der Waals surface area contributed by atoms with Gasteiger partial charge in [-0.05, 0) is 49.2 Å². The van der Waals surface area contributed by atoms with Crippen LogP contribution in [0.1, 0.15) is 24.1 Å². The van der Waals surface area contributed by atoms with Crippen molar-refractivity contribution < 1.29 is 18.3 Å². The lowest BCUT2D eigenvalue weighted by Gasteiger charge is -2.25. The summed E-state index contributed by atoms with van der Waals surface area (Å²) in [6.45, 7) is 4.39. The molecule has 0 fully saturated rings. The number of amides is 2. The molecule has 1 N–H and O–H groups in total. The first-order valence-corrected chi connectivity index (χ1v) is 8.03. The number of carbonyl (C=O) groups excluding carboxylic acids is 1. The van der Waals surface area contributed by atoms with E-state index in [0.29, 0.717) is 18.7 Å². The fourth-order valence-electron chi connectivity index (χ4n) is 2.33. The molecule has 0 saturated carbocycles. The van der Waals surface area contributed by atoms with Crippen LogP contribution in [0.4, 0.5) is 13.6 Å². The Morgan fingerprint density at radius 3 is 2.64 bits per heavy atom. The molecule has 2 amide bonds. The number of hydrogen-bond donors (Lipinski definition) is 1. The van der Waals surface area contributed by atoms with Crippen LogP contribution < -0.4 is 10.1 Å². The lowest BCUT2D eigenvalue weighted by molar-refractivity contribution is 0.191. The number of hydrogen-bond acceptors (Lipinski definition) is 2. The highest BCUT2D eigenvalue weighted by Gasteiger charge is 2.18. The molecule has 0 spiro atoms. The minimum absolute atomic E-state index is 0.315. The van der Waals surface area contributed by atoms with Crippen LogP contribution in [-0.2, 0) is 0 Å². The second-order valence-corrected chi connectivity index (χ2v) is 5.86. The first-order chi connectivity index (χ1) is 11.9. The molecule has 25 heavy (non-hydrogen) atoms. The zero-order chi connectivity index (χ0) is 18.4. The first-order valence-electron chi connectivity index (χ1n) is 8.03. The SMILES string of the molecule is Cc1cccc(OCCNC(=O)N(C)C(C)c2ccc(F)c(F)c2)c1. The van der Waals surface area contributed by atoms with Crippen molar-refractivity contribution in [2.45, 2.75) is 19.9 Å². The maximum absolute atomic E-state index is 13.3.